The Morgan fingerprint density at radius 3 is 2.58 bits per heavy atom. The maximum atomic E-state index is 12.7. The van der Waals surface area contributed by atoms with E-state index in [1.54, 1.807) is 30.3 Å². The summed E-state index contributed by atoms with van der Waals surface area (Å²) >= 11 is 9.31. The number of halogens is 2. The van der Waals surface area contributed by atoms with Crippen LogP contribution in [0.15, 0.2) is 65.1 Å². The number of carbonyl (C=O) groups excluding carboxylic acids is 1. The minimum absolute atomic E-state index is 0.124. The molecule has 0 radical (unpaired) electrons. The van der Waals surface area contributed by atoms with Crippen LogP contribution in [0, 0.1) is 6.92 Å². The number of anilines is 1. The normalized spacial score (nSPS) is 10.4. The Bertz CT molecular complexity index is 961. The van der Waals surface area contributed by atoms with Crippen LogP contribution in [0.5, 0.6) is 17.2 Å². The van der Waals surface area contributed by atoms with Crippen LogP contribution in [0.4, 0.5) is 5.69 Å². The second-order valence-corrected chi connectivity index (χ2v) is 6.94. The first-order chi connectivity index (χ1) is 12.4. The largest absolute Gasteiger partial charge is 0.506 e. The SMILES string of the molecule is Cc1cc(Br)c(O)c(C(=O)Nc2cc(Cl)ccc2Oc2ccccc2)c1. The maximum Gasteiger partial charge on any atom is 0.259 e. The van der Waals surface area contributed by atoms with Crippen molar-refractivity contribution in [1.82, 2.24) is 0 Å². The van der Waals surface area contributed by atoms with Crippen LogP contribution in [0.1, 0.15) is 15.9 Å². The van der Waals surface area contributed by atoms with Gasteiger partial charge in [0, 0.05) is 5.02 Å². The van der Waals surface area contributed by atoms with E-state index in [1.165, 1.54) is 0 Å². The Kier molecular flexibility index (Phi) is 5.49. The minimum atomic E-state index is -0.466. The molecular formula is C20H15BrClNO3. The number of rotatable bonds is 4. The first-order valence-electron chi connectivity index (χ1n) is 7.77. The molecule has 0 fully saturated rings. The first-order valence-corrected chi connectivity index (χ1v) is 8.94. The van der Waals surface area contributed by atoms with E-state index in [0.29, 0.717) is 26.7 Å². The van der Waals surface area contributed by atoms with Gasteiger partial charge >= 0.3 is 0 Å². The Morgan fingerprint density at radius 2 is 1.85 bits per heavy atom. The van der Waals surface area contributed by atoms with Crippen molar-refractivity contribution < 1.29 is 14.6 Å². The van der Waals surface area contributed by atoms with Gasteiger partial charge in [0.15, 0.2) is 5.75 Å². The number of para-hydroxylation sites is 1. The molecule has 0 spiro atoms. The van der Waals surface area contributed by atoms with Crippen LogP contribution in [0.3, 0.4) is 0 Å². The fourth-order valence-corrected chi connectivity index (χ4v) is 3.15. The van der Waals surface area contributed by atoms with Crippen molar-refractivity contribution in [2.75, 3.05) is 5.32 Å². The summed E-state index contributed by atoms with van der Waals surface area (Å²) in [5.41, 5.74) is 1.40. The molecule has 0 bridgehead atoms. The summed E-state index contributed by atoms with van der Waals surface area (Å²) in [5, 5.41) is 13.4. The summed E-state index contributed by atoms with van der Waals surface area (Å²) in [4.78, 5) is 12.7. The van der Waals surface area contributed by atoms with Crippen molar-refractivity contribution in [2.24, 2.45) is 0 Å². The van der Waals surface area contributed by atoms with Crippen LogP contribution in [-0.2, 0) is 0 Å². The number of phenols is 1. The summed E-state index contributed by atoms with van der Waals surface area (Å²) in [5.74, 6) is 0.486. The van der Waals surface area contributed by atoms with Crippen LogP contribution < -0.4 is 10.1 Å². The number of amides is 1. The van der Waals surface area contributed by atoms with Crippen molar-refractivity contribution in [3.8, 4) is 17.2 Å². The molecule has 0 heterocycles. The summed E-state index contributed by atoms with van der Waals surface area (Å²) in [6, 6.07) is 17.5. The van der Waals surface area contributed by atoms with Gasteiger partial charge in [-0.25, -0.2) is 0 Å². The molecule has 132 valence electrons. The number of hydrogen-bond donors (Lipinski definition) is 2. The van der Waals surface area contributed by atoms with Crippen LogP contribution in [-0.4, -0.2) is 11.0 Å². The highest BCUT2D eigenvalue weighted by Crippen LogP contribution is 2.34. The molecular weight excluding hydrogens is 418 g/mol. The van der Waals surface area contributed by atoms with E-state index in [9.17, 15) is 9.90 Å². The average molecular weight is 433 g/mol. The van der Waals surface area contributed by atoms with E-state index < -0.39 is 5.91 Å². The highest BCUT2D eigenvalue weighted by Gasteiger charge is 2.17. The molecule has 6 heteroatoms. The van der Waals surface area contributed by atoms with Crippen molar-refractivity contribution in [2.45, 2.75) is 6.92 Å². The Morgan fingerprint density at radius 1 is 1.12 bits per heavy atom. The van der Waals surface area contributed by atoms with Crippen molar-refractivity contribution in [3.05, 3.63) is 81.3 Å². The number of nitrogens with one attached hydrogen (secondary N) is 1. The molecule has 3 rings (SSSR count). The first kappa shape index (κ1) is 18.3. The zero-order valence-corrected chi connectivity index (χ0v) is 16.1. The predicted molar refractivity (Wildman–Crippen MR) is 106 cm³/mol. The fourth-order valence-electron chi connectivity index (χ4n) is 2.40. The van der Waals surface area contributed by atoms with E-state index in [4.69, 9.17) is 16.3 Å². The van der Waals surface area contributed by atoms with Crippen molar-refractivity contribution in [3.63, 3.8) is 0 Å². The fraction of sp³-hybridized carbons (Fsp3) is 0.0500. The van der Waals surface area contributed by atoms with Crippen LogP contribution in [0.2, 0.25) is 5.02 Å². The van der Waals surface area contributed by atoms with Gasteiger partial charge in [-0.3, -0.25) is 4.79 Å². The number of aromatic hydroxyl groups is 1. The summed E-state index contributed by atoms with van der Waals surface area (Å²) in [6.07, 6.45) is 0. The maximum absolute atomic E-state index is 12.7. The molecule has 1 amide bonds. The summed E-state index contributed by atoms with van der Waals surface area (Å²) in [7, 11) is 0. The molecule has 0 saturated heterocycles. The van der Waals surface area contributed by atoms with E-state index >= 15 is 0 Å². The minimum Gasteiger partial charge on any atom is -0.506 e. The number of aryl methyl sites for hydroxylation is 1. The lowest BCUT2D eigenvalue weighted by Crippen LogP contribution is -2.13. The third-order valence-corrected chi connectivity index (χ3v) is 4.45. The van der Waals surface area contributed by atoms with Gasteiger partial charge in [-0.2, -0.15) is 0 Å². The highest BCUT2D eigenvalue weighted by atomic mass is 79.9. The van der Waals surface area contributed by atoms with Crippen LogP contribution >= 0.6 is 27.5 Å². The van der Waals surface area contributed by atoms with Gasteiger partial charge in [0.05, 0.1) is 15.7 Å². The molecule has 26 heavy (non-hydrogen) atoms. The lowest BCUT2D eigenvalue weighted by Gasteiger charge is -2.14. The average Bonchev–Trinajstić information content (AvgIpc) is 2.61. The van der Waals surface area contributed by atoms with Crippen molar-refractivity contribution in [1.29, 1.82) is 0 Å². The third kappa shape index (κ3) is 4.18. The molecule has 0 aromatic heterocycles. The Labute approximate surface area is 164 Å². The van der Waals surface area contributed by atoms with Gasteiger partial charge in [0.25, 0.3) is 5.91 Å². The molecule has 0 aliphatic rings. The number of ether oxygens (including phenoxy) is 1. The second kappa shape index (κ2) is 7.81. The zero-order chi connectivity index (χ0) is 18.7. The van der Waals surface area contributed by atoms with Gasteiger partial charge in [0.2, 0.25) is 0 Å². The number of hydrogen-bond acceptors (Lipinski definition) is 3. The summed E-state index contributed by atoms with van der Waals surface area (Å²) in [6.45, 7) is 1.84. The van der Waals surface area contributed by atoms with Gasteiger partial charge < -0.3 is 15.2 Å². The second-order valence-electron chi connectivity index (χ2n) is 5.65. The summed E-state index contributed by atoms with van der Waals surface area (Å²) < 4.78 is 6.29. The molecule has 0 aliphatic heterocycles. The molecule has 3 aromatic rings. The smallest absolute Gasteiger partial charge is 0.259 e. The third-order valence-electron chi connectivity index (χ3n) is 3.61. The highest BCUT2D eigenvalue weighted by molar-refractivity contribution is 9.10. The molecule has 0 aliphatic carbocycles. The monoisotopic (exact) mass is 431 g/mol. The molecule has 2 N–H and O–H groups in total. The van der Waals surface area contributed by atoms with E-state index in [2.05, 4.69) is 21.2 Å². The zero-order valence-electron chi connectivity index (χ0n) is 13.8. The Hall–Kier alpha value is -2.50. The topological polar surface area (TPSA) is 58.6 Å². The van der Waals surface area contributed by atoms with E-state index in [1.807, 2.05) is 37.3 Å². The molecule has 4 nitrogen and oxygen atoms in total. The van der Waals surface area contributed by atoms with Gasteiger partial charge in [0.1, 0.15) is 11.5 Å². The van der Waals surface area contributed by atoms with E-state index in [0.717, 1.165) is 5.56 Å². The molecule has 0 saturated carbocycles. The predicted octanol–water partition coefficient (Wildman–Crippen LogP) is 6.16. The van der Waals surface area contributed by atoms with Crippen molar-refractivity contribution >= 4 is 39.1 Å². The van der Waals surface area contributed by atoms with Gasteiger partial charge in [-0.05, 0) is 70.9 Å². The molecule has 3 aromatic carbocycles. The standard InChI is InChI=1S/C20H15BrClNO3/c1-12-9-15(19(24)16(21)10-12)20(25)23-17-11-13(22)7-8-18(17)26-14-5-3-2-4-6-14/h2-11,24H,1H3,(H,23,25). The van der Waals surface area contributed by atoms with Gasteiger partial charge in [-0.1, -0.05) is 29.8 Å². The number of phenolic OH excluding ortho intramolecular Hbond substituents is 1. The van der Waals surface area contributed by atoms with Crippen LogP contribution in [0.25, 0.3) is 0 Å². The number of carbonyl (C=O) groups is 1. The molecule has 0 atom stereocenters. The molecule has 0 unspecified atom stereocenters. The lowest BCUT2D eigenvalue weighted by molar-refractivity contribution is 0.102. The number of benzene rings is 3. The Balaban J connectivity index is 1.92. The quantitative estimate of drug-likeness (QED) is 0.519. The lowest BCUT2D eigenvalue weighted by atomic mass is 10.1. The van der Waals surface area contributed by atoms with E-state index in [-0.39, 0.29) is 11.3 Å². The van der Waals surface area contributed by atoms with Gasteiger partial charge in [-0.15, -0.1) is 0 Å².